The van der Waals surface area contributed by atoms with E-state index < -0.39 is 5.91 Å². The molecule has 1 atom stereocenters. The molecule has 0 aromatic heterocycles. The molecule has 0 saturated carbocycles. The van der Waals surface area contributed by atoms with Crippen LogP contribution in [-0.2, 0) is 0 Å². The molecule has 2 rings (SSSR count). The number of benzene rings is 1. The Kier molecular flexibility index (Phi) is 4.36. The fraction of sp³-hybridized carbons (Fsp3) is 0.462. The predicted molar refractivity (Wildman–Crippen MR) is 75.5 cm³/mol. The highest BCUT2D eigenvalue weighted by atomic mass is 32.2. The summed E-state index contributed by atoms with van der Waals surface area (Å²) in [5.41, 5.74) is 6.65. The van der Waals surface area contributed by atoms with Gasteiger partial charge in [0.2, 0.25) is 5.91 Å². The SMILES string of the molecule is COc1ccc(C(N)=O)cc1NC1CCCSC1. The molecule has 1 aliphatic heterocycles. The topological polar surface area (TPSA) is 64.3 Å². The van der Waals surface area contributed by atoms with E-state index in [1.54, 1.807) is 25.3 Å². The smallest absolute Gasteiger partial charge is 0.248 e. The summed E-state index contributed by atoms with van der Waals surface area (Å²) in [4.78, 5) is 11.2. The summed E-state index contributed by atoms with van der Waals surface area (Å²) < 4.78 is 5.30. The van der Waals surface area contributed by atoms with Crippen LogP contribution in [0.4, 0.5) is 5.69 Å². The van der Waals surface area contributed by atoms with Crippen molar-refractivity contribution in [3.8, 4) is 5.75 Å². The zero-order valence-corrected chi connectivity index (χ0v) is 11.3. The van der Waals surface area contributed by atoms with Crippen LogP contribution in [0.2, 0.25) is 0 Å². The molecule has 1 aromatic rings. The molecule has 18 heavy (non-hydrogen) atoms. The standard InChI is InChI=1S/C13H18N2O2S/c1-17-12-5-4-9(13(14)16)7-11(12)15-10-3-2-6-18-8-10/h4-5,7,10,15H,2-3,6,8H2,1H3,(H2,14,16). The van der Waals surface area contributed by atoms with Gasteiger partial charge in [-0.05, 0) is 36.8 Å². The third-order valence-corrected chi connectivity index (χ3v) is 4.22. The zero-order valence-electron chi connectivity index (χ0n) is 10.4. The second-order valence-corrected chi connectivity index (χ2v) is 5.49. The Hall–Kier alpha value is -1.36. The summed E-state index contributed by atoms with van der Waals surface area (Å²) in [7, 11) is 1.63. The number of amides is 1. The number of nitrogens with two attached hydrogens (primary N) is 1. The first-order valence-corrected chi connectivity index (χ1v) is 7.18. The Bertz CT molecular complexity index is 431. The Morgan fingerprint density at radius 3 is 3.00 bits per heavy atom. The maximum Gasteiger partial charge on any atom is 0.248 e. The summed E-state index contributed by atoms with van der Waals surface area (Å²) in [6.07, 6.45) is 2.37. The second-order valence-electron chi connectivity index (χ2n) is 4.34. The average molecular weight is 266 g/mol. The van der Waals surface area contributed by atoms with E-state index in [1.807, 2.05) is 11.8 Å². The molecule has 1 unspecified atom stereocenters. The van der Waals surface area contributed by atoms with Crippen LogP contribution in [0, 0.1) is 0 Å². The summed E-state index contributed by atoms with van der Waals surface area (Å²) in [6.45, 7) is 0. The number of hydrogen-bond donors (Lipinski definition) is 2. The predicted octanol–water partition coefficient (Wildman–Crippen LogP) is 2.10. The van der Waals surface area contributed by atoms with Crippen LogP contribution in [0.15, 0.2) is 18.2 Å². The highest BCUT2D eigenvalue weighted by Crippen LogP contribution is 2.28. The van der Waals surface area contributed by atoms with Gasteiger partial charge in [-0.1, -0.05) is 0 Å². The van der Waals surface area contributed by atoms with Crippen molar-refractivity contribution in [2.45, 2.75) is 18.9 Å². The molecule has 98 valence electrons. The third-order valence-electron chi connectivity index (χ3n) is 3.00. The molecule has 1 saturated heterocycles. The minimum absolute atomic E-state index is 0.418. The maximum atomic E-state index is 11.2. The number of nitrogens with one attached hydrogen (secondary N) is 1. The molecule has 1 amide bonds. The fourth-order valence-corrected chi connectivity index (χ4v) is 3.12. The lowest BCUT2D eigenvalue weighted by Crippen LogP contribution is -2.26. The number of thioether (sulfide) groups is 1. The van der Waals surface area contributed by atoms with Gasteiger partial charge >= 0.3 is 0 Å². The van der Waals surface area contributed by atoms with E-state index >= 15 is 0 Å². The van der Waals surface area contributed by atoms with E-state index in [1.165, 1.54) is 12.2 Å². The lowest BCUT2D eigenvalue weighted by molar-refractivity contribution is 0.100. The van der Waals surface area contributed by atoms with Crippen LogP contribution in [0.3, 0.4) is 0 Å². The Morgan fingerprint density at radius 1 is 1.56 bits per heavy atom. The number of hydrogen-bond acceptors (Lipinski definition) is 4. The van der Waals surface area contributed by atoms with Gasteiger partial charge in [0.1, 0.15) is 5.75 Å². The molecule has 1 aromatic carbocycles. The number of anilines is 1. The minimum Gasteiger partial charge on any atom is -0.495 e. The molecule has 0 spiro atoms. The maximum absolute atomic E-state index is 11.2. The quantitative estimate of drug-likeness (QED) is 0.876. The van der Waals surface area contributed by atoms with Crippen LogP contribution in [0.1, 0.15) is 23.2 Å². The Labute approximate surface area is 111 Å². The lowest BCUT2D eigenvalue weighted by Gasteiger charge is -2.24. The van der Waals surface area contributed by atoms with Gasteiger partial charge in [-0.25, -0.2) is 0 Å². The molecule has 3 N–H and O–H groups in total. The largest absolute Gasteiger partial charge is 0.495 e. The van der Waals surface area contributed by atoms with Gasteiger partial charge in [0.15, 0.2) is 0 Å². The fourth-order valence-electron chi connectivity index (χ4n) is 2.05. The van der Waals surface area contributed by atoms with E-state index in [4.69, 9.17) is 10.5 Å². The molecule has 0 bridgehead atoms. The van der Waals surface area contributed by atoms with Crippen LogP contribution in [-0.4, -0.2) is 30.6 Å². The number of carbonyl (C=O) groups is 1. The second kappa shape index (κ2) is 6.00. The van der Waals surface area contributed by atoms with E-state index in [0.717, 1.165) is 23.6 Å². The van der Waals surface area contributed by atoms with E-state index in [-0.39, 0.29) is 0 Å². The molecule has 0 radical (unpaired) electrons. The molecule has 1 aliphatic rings. The van der Waals surface area contributed by atoms with Gasteiger partial charge in [0, 0.05) is 17.4 Å². The van der Waals surface area contributed by atoms with E-state index in [9.17, 15) is 4.79 Å². The van der Waals surface area contributed by atoms with Crippen molar-refractivity contribution in [1.29, 1.82) is 0 Å². The molecular formula is C13H18N2O2S. The molecule has 5 heteroatoms. The monoisotopic (exact) mass is 266 g/mol. The first-order chi connectivity index (χ1) is 8.70. The highest BCUT2D eigenvalue weighted by Gasteiger charge is 2.16. The normalized spacial score (nSPS) is 19.3. The van der Waals surface area contributed by atoms with Crippen LogP contribution < -0.4 is 15.8 Å². The van der Waals surface area contributed by atoms with Crippen molar-refractivity contribution in [3.05, 3.63) is 23.8 Å². The molecule has 1 fully saturated rings. The molecule has 4 nitrogen and oxygen atoms in total. The van der Waals surface area contributed by atoms with Crippen molar-refractivity contribution in [2.75, 3.05) is 23.9 Å². The number of ether oxygens (including phenoxy) is 1. The van der Waals surface area contributed by atoms with Crippen LogP contribution in [0.5, 0.6) is 5.75 Å². The van der Waals surface area contributed by atoms with Crippen LogP contribution in [0.25, 0.3) is 0 Å². The average Bonchev–Trinajstić information content (AvgIpc) is 2.39. The summed E-state index contributed by atoms with van der Waals surface area (Å²) in [5, 5.41) is 3.44. The molecule has 1 heterocycles. The van der Waals surface area contributed by atoms with Crippen molar-refractivity contribution >= 4 is 23.4 Å². The Morgan fingerprint density at radius 2 is 2.39 bits per heavy atom. The van der Waals surface area contributed by atoms with Crippen molar-refractivity contribution < 1.29 is 9.53 Å². The van der Waals surface area contributed by atoms with E-state index in [2.05, 4.69) is 5.32 Å². The number of carbonyl (C=O) groups excluding carboxylic acids is 1. The van der Waals surface area contributed by atoms with Crippen molar-refractivity contribution in [2.24, 2.45) is 5.73 Å². The lowest BCUT2D eigenvalue weighted by atomic mass is 10.1. The van der Waals surface area contributed by atoms with Crippen molar-refractivity contribution in [3.63, 3.8) is 0 Å². The first-order valence-electron chi connectivity index (χ1n) is 6.03. The third kappa shape index (κ3) is 3.10. The van der Waals surface area contributed by atoms with Crippen molar-refractivity contribution in [1.82, 2.24) is 0 Å². The van der Waals surface area contributed by atoms with Gasteiger partial charge in [-0.3, -0.25) is 4.79 Å². The zero-order chi connectivity index (χ0) is 13.0. The molecule has 0 aliphatic carbocycles. The summed E-state index contributed by atoms with van der Waals surface area (Å²) >= 11 is 1.95. The number of primary amides is 1. The van der Waals surface area contributed by atoms with Gasteiger partial charge in [-0.2, -0.15) is 11.8 Å². The van der Waals surface area contributed by atoms with Crippen LogP contribution >= 0.6 is 11.8 Å². The summed E-state index contributed by atoms with van der Waals surface area (Å²) in [5.74, 6) is 2.65. The molecular weight excluding hydrogens is 248 g/mol. The number of rotatable bonds is 4. The van der Waals surface area contributed by atoms with E-state index in [0.29, 0.717) is 11.6 Å². The van der Waals surface area contributed by atoms with Gasteiger partial charge in [0.25, 0.3) is 0 Å². The minimum atomic E-state index is -0.418. The highest BCUT2D eigenvalue weighted by molar-refractivity contribution is 7.99. The summed E-state index contributed by atoms with van der Waals surface area (Å²) in [6, 6.07) is 5.65. The van der Waals surface area contributed by atoms with Gasteiger partial charge in [-0.15, -0.1) is 0 Å². The van der Waals surface area contributed by atoms with Gasteiger partial charge in [0.05, 0.1) is 12.8 Å². The number of methoxy groups -OCH3 is 1. The van der Waals surface area contributed by atoms with Gasteiger partial charge < -0.3 is 15.8 Å². The first kappa shape index (κ1) is 13.1. The Balaban J connectivity index is 2.17.